The third kappa shape index (κ3) is 0.996. The molecule has 108 valence electrons. The van der Waals surface area contributed by atoms with Crippen LogP contribution in [0.5, 0.6) is 0 Å². The SMILES string of the molecule is CC1(C)C2CCC1(C)[C@@H]1OC3C(C#N)C4(CC4)ON3C21. The van der Waals surface area contributed by atoms with Gasteiger partial charge in [-0.3, -0.25) is 4.84 Å². The average Bonchev–Trinajstić information content (AvgIpc) is 2.83. The van der Waals surface area contributed by atoms with Gasteiger partial charge in [0.05, 0.1) is 18.2 Å². The predicted octanol–water partition coefficient (Wildman–Crippen LogP) is 2.46. The minimum absolute atomic E-state index is 0.0980. The van der Waals surface area contributed by atoms with Crippen LogP contribution in [0, 0.1) is 34.0 Å². The van der Waals surface area contributed by atoms with Crippen LogP contribution in [0.2, 0.25) is 0 Å². The van der Waals surface area contributed by atoms with E-state index in [0.717, 1.165) is 12.8 Å². The van der Waals surface area contributed by atoms with Gasteiger partial charge in [0.15, 0.2) is 6.23 Å². The van der Waals surface area contributed by atoms with E-state index in [4.69, 9.17) is 9.57 Å². The van der Waals surface area contributed by atoms with Crippen LogP contribution < -0.4 is 0 Å². The van der Waals surface area contributed by atoms with Gasteiger partial charge in [-0.05, 0) is 37.0 Å². The maximum absolute atomic E-state index is 9.53. The fourth-order valence-electron chi connectivity index (χ4n) is 5.75. The molecule has 4 nitrogen and oxygen atoms in total. The lowest BCUT2D eigenvalue weighted by molar-refractivity contribution is -0.204. The number of fused-ring (bicyclic) bond motifs is 7. The molecule has 3 saturated carbocycles. The molecule has 5 unspecified atom stereocenters. The molecule has 0 radical (unpaired) electrons. The van der Waals surface area contributed by atoms with Gasteiger partial charge in [0.2, 0.25) is 0 Å². The van der Waals surface area contributed by atoms with Gasteiger partial charge >= 0.3 is 0 Å². The number of ether oxygens (including phenoxy) is 1. The van der Waals surface area contributed by atoms with Gasteiger partial charge in [-0.2, -0.15) is 10.3 Å². The molecule has 0 N–H and O–H groups in total. The smallest absolute Gasteiger partial charge is 0.152 e. The van der Waals surface area contributed by atoms with Gasteiger partial charge in [0.25, 0.3) is 0 Å². The highest BCUT2D eigenvalue weighted by Crippen LogP contribution is 2.71. The van der Waals surface area contributed by atoms with E-state index in [2.05, 4.69) is 31.9 Å². The summed E-state index contributed by atoms with van der Waals surface area (Å²) >= 11 is 0. The molecule has 4 heteroatoms. The van der Waals surface area contributed by atoms with Gasteiger partial charge < -0.3 is 4.74 Å². The van der Waals surface area contributed by atoms with E-state index >= 15 is 0 Å². The number of hydrogen-bond donors (Lipinski definition) is 0. The first-order chi connectivity index (χ1) is 9.45. The van der Waals surface area contributed by atoms with Crippen LogP contribution in [0.4, 0.5) is 0 Å². The van der Waals surface area contributed by atoms with Crippen molar-refractivity contribution in [2.45, 2.75) is 70.4 Å². The quantitative estimate of drug-likeness (QED) is 0.680. The minimum Gasteiger partial charge on any atom is -0.354 e. The zero-order chi connectivity index (χ0) is 13.9. The van der Waals surface area contributed by atoms with Crippen LogP contribution >= 0.6 is 0 Å². The van der Waals surface area contributed by atoms with E-state index in [1.165, 1.54) is 12.8 Å². The molecule has 1 spiro atoms. The van der Waals surface area contributed by atoms with Crippen LogP contribution in [0.25, 0.3) is 0 Å². The average molecular weight is 274 g/mol. The van der Waals surface area contributed by atoms with Crippen LogP contribution in [-0.2, 0) is 9.57 Å². The molecule has 3 aliphatic carbocycles. The molecule has 5 rings (SSSR count). The number of nitriles is 1. The number of rotatable bonds is 0. The summed E-state index contributed by atoms with van der Waals surface area (Å²) in [7, 11) is 0. The number of hydrogen-bond acceptors (Lipinski definition) is 4. The van der Waals surface area contributed by atoms with Gasteiger partial charge in [0.1, 0.15) is 11.5 Å². The second kappa shape index (κ2) is 3.09. The van der Waals surface area contributed by atoms with Crippen molar-refractivity contribution in [1.82, 2.24) is 5.06 Å². The van der Waals surface area contributed by atoms with Gasteiger partial charge in [-0.15, -0.1) is 0 Å². The van der Waals surface area contributed by atoms with Crippen molar-refractivity contribution < 1.29 is 9.57 Å². The van der Waals surface area contributed by atoms with Gasteiger partial charge in [0, 0.05) is 5.41 Å². The van der Waals surface area contributed by atoms with E-state index in [1.54, 1.807) is 0 Å². The molecule has 2 saturated heterocycles. The molecule has 2 heterocycles. The fraction of sp³-hybridized carbons (Fsp3) is 0.938. The second-order valence-corrected chi connectivity index (χ2v) is 8.34. The Hall–Kier alpha value is -0.630. The van der Waals surface area contributed by atoms with Crippen molar-refractivity contribution in [1.29, 1.82) is 5.26 Å². The van der Waals surface area contributed by atoms with Crippen molar-refractivity contribution in [3.8, 4) is 6.07 Å². The summed E-state index contributed by atoms with van der Waals surface area (Å²) in [6.45, 7) is 7.17. The van der Waals surface area contributed by atoms with E-state index in [-0.39, 0.29) is 29.3 Å². The molecule has 2 bridgehead atoms. The van der Waals surface area contributed by atoms with Gasteiger partial charge in [-0.25, -0.2) is 0 Å². The first kappa shape index (κ1) is 12.0. The lowest BCUT2D eigenvalue weighted by Crippen LogP contribution is -2.42. The summed E-state index contributed by atoms with van der Waals surface area (Å²) in [6, 6.07) is 2.83. The van der Waals surface area contributed by atoms with E-state index in [1.807, 2.05) is 0 Å². The van der Waals surface area contributed by atoms with Crippen molar-refractivity contribution in [2.75, 3.05) is 0 Å². The van der Waals surface area contributed by atoms with Crippen LogP contribution in [0.3, 0.4) is 0 Å². The molecule has 5 aliphatic rings. The Bertz CT molecular complexity index is 535. The first-order valence-corrected chi connectivity index (χ1v) is 7.97. The molecule has 2 aliphatic heterocycles. The molecular weight excluding hydrogens is 252 g/mol. The monoisotopic (exact) mass is 274 g/mol. The maximum Gasteiger partial charge on any atom is 0.152 e. The Morgan fingerprint density at radius 2 is 1.95 bits per heavy atom. The normalized spacial score (nSPS) is 56.8. The molecule has 0 amide bonds. The highest BCUT2D eigenvalue weighted by atomic mass is 16.8. The lowest BCUT2D eigenvalue weighted by atomic mass is 9.70. The molecule has 0 aromatic rings. The van der Waals surface area contributed by atoms with Crippen molar-refractivity contribution in [3.63, 3.8) is 0 Å². The number of hydroxylamine groups is 2. The summed E-state index contributed by atoms with van der Waals surface area (Å²) in [5.74, 6) is 0.537. The Labute approximate surface area is 120 Å². The van der Waals surface area contributed by atoms with Crippen molar-refractivity contribution >= 4 is 0 Å². The highest BCUT2D eigenvalue weighted by Gasteiger charge is 2.76. The zero-order valence-electron chi connectivity index (χ0n) is 12.4. The number of nitrogens with zero attached hydrogens (tertiary/aromatic N) is 2. The topological polar surface area (TPSA) is 45.5 Å². The maximum atomic E-state index is 9.53. The summed E-state index contributed by atoms with van der Waals surface area (Å²) < 4.78 is 6.44. The van der Waals surface area contributed by atoms with E-state index in [9.17, 15) is 5.26 Å². The Kier molecular flexibility index (Phi) is 1.85. The van der Waals surface area contributed by atoms with Crippen LogP contribution in [0.15, 0.2) is 0 Å². The molecule has 0 aromatic heterocycles. The van der Waals surface area contributed by atoms with Crippen molar-refractivity contribution in [2.24, 2.45) is 22.7 Å². The second-order valence-electron chi connectivity index (χ2n) is 8.34. The Balaban J connectivity index is 1.57. The third-order valence-corrected chi connectivity index (χ3v) is 7.58. The molecule has 6 atom stereocenters. The van der Waals surface area contributed by atoms with Crippen LogP contribution in [0.1, 0.15) is 46.5 Å². The summed E-state index contributed by atoms with van der Waals surface area (Å²) in [5.41, 5.74) is 0.335. The summed E-state index contributed by atoms with van der Waals surface area (Å²) in [6.07, 6.45) is 4.68. The fourth-order valence-corrected chi connectivity index (χ4v) is 5.75. The van der Waals surface area contributed by atoms with Gasteiger partial charge in [-0.1, -0.05) is 20.8 Å². The summed E-state index contributed by atoms with van der Waals surface area (Å²) in [4.78, 5) is 6.28. The van der Waals surface area contributed by atoms with E-state index in [0.29, 0.717) is 17.4 Å². The summed E-state index contributed by atoms with van der Waals surface area (Å²) in [5, 5.41) is 11.6. The largest absolute Gasteiger partial charge is 0.354 e. The highest BCUT2D eigenvalue weighted by molar-refractivity contribution is 5.24. The third-order valence-electron chi connectivity index (χ3n) is 7.58. The predicted molar refractivity (Wildman–Crippen MR) is 71.1 cm³/mol. The first-order valence-electron chi connectivity index (χ1n) is 7.97. The molecular formula is C16H22N2O2. The minimum atomic E-state index is -0.197. The zero-order valence-corrected chi connectivity index (χ0v) is 12.4. The molecule has 5 fully saturated rings. The molecule has 0 aromatic carbocycles. The standard InChI is InChI=1S/C16H22N2O2/c1-14(2)9-4-5-15(14,3)12-11(9)18-13(19-12)10(8-17)16(20-18)6-7-16/h9-13H,4-7H2,1-3H3/t9?,10?,11?,12-,13?,15?/m1/s1. The van der Waals surface area contributed by atoms with Crippen LogP contribution in [-0.4, -0.2) is 29.0 Å². The van der Waals surface area contributed by atoms with Crippen molar-refractivity contribution in [3.05, 3.63) is 0 Å². The molecule has 20 heavy (non-hydrogen) atoms. The lowest BCUT2D eigenvalue weighted by Gasteiger charge is -2.38. The Morgan fingerprint density at radius 1 is 1.20 bits per heavy atom. The van der Waals surface area contributed by atoms with E-state index < -0.39 is 0 Å². The Morgan fingerprint density at radius 3 is 2.60 bits per heavy atom.